The summed E-state index contributed by atoms with van der Waals surface area (Å²) in [6.45, 7) is 2.87. The predicted octanol–water partition coefficient (Wildman–Crippen LogP) is 4.61. The maximum Gasteiger partial charge on any atom is 0.338 e. The third kappa shape index (κ3) is 6.52. The highest BCUT2D eigenvalue weighted by atomic mass is 16.5. The van der Waals surface area contributed by atoms with Crippen molar-refractivity contribution in [3.63, 3.8) is 0 Å². The lowest BCUT2D eigenvalue weighted by atomic mass is 10.1. The molecule has 5 nitrogen and oxygen atoms in total. The molecule has 0 N–H and O–H groups in total. The van der Waals surface area contributed by atoms with Crippen LogP contribution in [0.4, 0.5) is 0 Å². The van der Waals surface area contributed by atoms with E-state index in [-0.39, 0.29) is 5.91 Å². The fourth-order valence-corrected chi connectivity index (χ4v) is 3.31. The molecule has 0 aliphatic carbocycles. The van der Waals surface area contributed by atoms with Gasteiger partial charge in [0.2, 0.25) is 0 Å². The number of hydrogen-bond acceptors (Lipinski definition) is 4. The third-order valence-electron chi connectivity index (χ3n) is 4.85. The number of esters is 1. The van der Waals surface area contributed by atoms with Gasteiger partial charge >= 0.3 is 5.97 Å². The Morgan fingerprint density at radius 2 is 1.35 bits per heavy atom. The van der Waals surface area contributed by atoms with Crippen molar-refractivity contribution in [2.24, 2.45) is 0 Å². The lowest BCUT2D eigenvalue weighted by molar-refractivity contribution is -0.141. The van der Waals surface area contributed by atoms with Gasteiger partial charge < -0.3 is 14.4 Å². The number of amides is 1. The molecule has 3 aromatic rings. The minimum atomic E-state index is -0.911. The van der Waals surface area contributed by atoms with E-state index in [0.29, 0.717) is 25.3 Å². The molecule has 0 fully saturated rings. The maximum atomic E-state index is 13.2. The zero-order chi connectivity index (χ0) is 22.1. The third-order valence-corrected chi connectivity index (χ3v) is 4.85. The first-order chi connectivity index (χ1) is 15.1. The Bertz CT molecular complexity index is 947. The lowest BCUT2D eigenvalue weighted by Crippen LogP contribution is -2.39. The average Bonchev–Trinajstić information content (AvgIpc) is 2.80. The van der Waals surface area contributed by atoms with Crippen LogP contribution in [0.2, 0.25) is 0 Å². The van der Waals surface area contributed by atoms with Crippen molar-refractivity contribution in [1.29, 1.82) is 0 Å². The molecule has 3 rings (SSSR count). The molecule has 160 valence electrons. The average molecular weight is 418 g/mol. The van der Waals surface area contributed by atoms with Gasteiger partial charge in [0, 0.05) is 20.2 Å². The van der Waals surface area contributed by atoms with Crippen molar-refractivity contribution in [3.8, 4) is 0 Å². The van der Waals surface area contributed by atoms with Gasteiger partial charge in [-0.2, -0.15) is 0 Å². The smallest absolute Gasteiger partial charge is 0.338 e. The maximum absolute atomic E-state index is 13.2. The largest absolute Gasteiger partial charge is 0.449 e. The van der Waals surface area contributed by atoms with E-state index in [1.807, 2.05) is 66.7 Å². The van der Waals surface area contributed by atoms with Crippen molar-refractivity contribution in [2.45, 2.75) is 32.7 Å². The first kappa shape index (κ1) is 22.2. The SMILES string of the molecule is COCc1cccc(C(=O)OC(C)C(=O)N(Cc2ccccc2)Cc2ccccc2)c1. The molecule has 31 heavy (non-hydrogen) atoms. The van der Waals surface area contributed by atoms with Crippen LogP contribution < -0.4 is 0 Å². The van der Waals surface area contributed by atoms with Crippen LogP contribution in [-0.2, 0) is 34.0 Å². The Labute approximate surface area is 183 Å². The minimum absolute atomic E-state index is 0.242. The number of rotatable bonds is 9. The summed E-state index contributed by atoms with van der Waals surface area (Å²) in [5.74, 6) is -0.771. The summed E-state index contributed by atoms with van der Waals surface area (Å²) in [6.07, 6.45) is -0.911. The van der Waals surface area contributed by atoms with Gasteiger partial charge in [0.15, 0.2) is 6.10 Å². The summed E-state index contributed by atoms with van der Waals surface area (Å²) in [4.78, 5) is 27.6. The van der Waals surface area contributed by atoms with Crippen LogP contribution in [0.5, 0.6) is 0 Å². The molecule has 5 heteroatoms. The summed E-state index contributed by atoms with van der Waals surface area (Å²) < 4.78 is 10.6. The molecule has 0 saturated heterocycles. The fraction of sp³-hybridized carbons (Fsp3) is 0.231. The molecule has 1 unspecified atom stereocenters. The highest BCUT2D eigenvalue weighted by Gasteiger charge is 2.25. The number of benzene rings is 3. The molecule has 0 bridgehead atoms. The van der Waals surface area contributed by atoms with Gasteiger partial charge in [0.1, 0.15) is 0 Å². The van der Waals surface area contributed by atoms with Crippen LogP contribution in [0, 0.1) is 0 Å². The molecular formula is C26H27NO4. The summed E-state index contributed by atoms with van der Waals surface area (Å²) in [5, 5.41) is 0. The van der Waals surface area contributed by atoms with Crippen LogP contribution >= 0.6 is 0 Å². The van der Waals surface area contributed by atoms with E-state index in [4.69, 9.17) is 9.47 Å². The van der Waals surface area contributed by atoms with Crippen LogP contribution in [0.15, 0.2) is 84.9 Å². The molecule has 0 aromatic heterocycles. The zero-order valence-corrected chi connectivity index (χ0v) is 17.9. The van der Waals surface area contributed by atoms with Crippen LogP contribution in [-0.4, -0.2) is 30.0 Å². The minimum Gasteiger partial charge on any atom is -0.449 e. The van der Waals surface area contributed by atoms with Crippen LogP contribution in [0.3, 0.4) is 0 Å². The van der Waals surface area contributed by atoms with Gasteiger partial charge in [-0.25, -0.2) is 4.79 Å². The normalized spacial score (nSPS) is 11.5. The zero-order valence-electron chi connectivity index (χ0n) is 17.9. The topological polar surface area (TPSA) is 55.8 Å². The Hall–Kier alpha value is -3.44. The standard InChI is InChI=1S/C26H27NO4/c1-20(31-26(29)24-15-9-14-23(16-24)19-30-2)25(28)27(17-21-10-5-3-6-11-21)18-22-12-7-4-8-13-22/h3-16,20H,17-19H2,1-2H3. The number of carbonyl (C=O) groups is 2. The summed E-state index contributed by atoms with van der Waals surface area (Å²) >= 11 is 0. The number of ether oxygens (including phenoxy) is 2. The Kier molecular flexibility index (Phi) is 7.96. The van der Waals surface area contributed by atoms with E-state index in [2.05, 4.69) is 0 Å². The molecule has 3 aromatic carbocycles. The molecule has 0 heterocycles. The van der Waals surface area contributed by atoms with E-state index >= 15 is 0 Å². The summed E-state index contributed by atoms with van der Waals surface area (Å²) in [5.41, 5.74) is 3.28. The number of carbonyl (C=O) groups excluding carboxylic acids is 2. The quantitative estimate of drug-likeness (QED) is 0.477. The van der Waals surface area contributed by atoms with E-state index < -0.39 is 12.1 Å². The van der Waals surface area contributed by atoms with Gasteiger partial charge in [0.05, 0.1) is 12.2 Å². The molecule has 1 amide bonds. The Balaban J connectivity index is 1.73. The van der Waals surface area contributed by atoms with Crippen molar-refractivity contribution in [1.82, 2.24) is 4.90 Å². The van der Waals surface area contributed by atoms with E-state index in [0.717, 1.165) is 16.7 Å². The van der Waals surface area contributed by atoms with Crippen molar-refractivity contribution in [3.05, 3.63) is 107 Å². The fourth-order valence-electron chi connectivity index (χ4n) is 3.31. The van der Waals surface area contributed by atoms with Gasteiger partial charge in [-0.1, -0.05) is 72.8 Å². The predicted molar refractivity (Wildman–Crippen MR) is 119 cm³/mol. The first-order valence-corrected chi connectivity index (χ1v) is 10.2. The second kappa shape index (κ2) is 11.1. The van der Waals surface area contributed by atoms with Crippen LogP contribution in [0.25, 0.3) is 0 Å². The second-order valence-electron chi connectivity index (χ2n) is 7.35. The molecule has 0 aliphatic heterocycles. The van der Waals surface area contributed by atoms with Crippen molar-refractivity contribution >= 4 is 11.9 Å². The lowest BCUT2D eigenvalue weighted by Gasteiger charge is -2.26. The number of hydrogen-bond donors (Lipinski definition) is 0. The van der Waals surface area contributed by atoms with E-state index in [1.165, 1.54) is 0 Å². The van der Waals surface area contributed by atoms with Crippen molar-refractivity contribution in [2.75, 3.05) is 7.11 Å². The van der Waals surface area contributed by atoms with E-state index in [9.17, 15) is 9.59 Å². The van der Waals surface area contributed by atoms with Gasteiger partial charge in [-0.15, -0.1) is 0 Å². The summed E-state index contributed by atoms with van der Waals surface area (Å²) in [7, 11) is 1.60. The highest BCUT2D eigenvalue weighted by Crippen LogP contribution is 2.15. The molecule has 0 aliphatic rings. The Morgan fingerprint density at radius 1 is 0.806 bits per heavy atom. The molecule has 0 radical (unpaired) electrons. The molecule has 0 saturated carbocycles. The van der Waals surface area contributed by atoms with E-state index in [1.54, 1.807) is 37.1 Å². The molecular weight excluding hydrogens is 390 g/mol. The summed E-state index contributed by atoms with van der Waals surface area (Å²) in [6, 6.07) is 26.6. The second-order valence-corrected chi connectivity index (χ2v) is 7.35. The number of nitrogens with zero attached hydrogens (tertiary/aromatic N) is 1. The first-order valence-electron chi connectivity index (χ1n) is 10.2. The van der Waals surface area contributed by atoms with Crippen molar-refractivity contribution < 1.29 is 19.1 Å². The Morgan fingerprint density at radius 3 is 1.90 bits per heavy atom. The highest BCUT2D eigenvalue weighted by molar-refractivity contribution is 5.92. The monoisotopic (exact) mass is 417 g/mol. The van der Waals surface area contributed by atoms with Gasteiger partial charge in [-0.05, 0) is 35.7 Å². The van der Waals surface area contributed by atoms with Gasteiger partial charge in [0.25, 0.3) is 5.91 Å². The molecule has 0 spiro atoms. The van der Waals surface area contributed by atoms with Gasteiger partial charge in [-0.3, -0.25) is 4.79 Å². The molecule has 1 atom stereocenters. The van der Waals surface area contributed by atoms with Crippen LogP contribution in [0.1, 0.15) is 34.0 Å². The number of methoxy groups -OCH3 is 1.